The van der Waals surface area contributed by atoms with Crippen molar-refractivity contribution in [1.82, 2.24) is 9.80 Å². The van der Waals surface area contributed by atoms with E-state index in [0.717, 1.165) is 32.5 Å². The molecule has 0 aliphatic heterocycles. The minimum absolute atomic E-state index is 0.285. The van der Waals surface area contributed by atoms with E-state index in [2.05, 4.69) is 36.0 Å². The van der Waals surface area contributed by atoms with Crippen LogP contribution in [-0.2, 0) is 0 Å². The molecule has 0 aliphatic carbocycles. The first kappa shape index (κ1) is 14.2. The Morgan fingerprint density at radius 3 is 2.40 bits per heavy atom. The first-order valence-corrected chi connectivity index (χ1v) is 5.43. The summed E-state index contributed by atoms with van der Waals surface area (Å²) in [6.45, 7) is 5.73. The monoisotopic (exact) mass is 216 g/mol. The summed E-state index contributed by atoms with van der Waals surface area (Å²) in [5, 5.41) is 11.5. The number of hydrogen-bond donors (Lipinski definition) is 2. The number of oxime groups is 1. The van der Waals surface area contributed by atoms with Crippen LogP contribution in [0.2, 0.25) is 0 Å². The number of hydrogen-bond acceptors (Lipinski definition) is 4. The smallest absolute Gasteiger partial charge is 0.153 e. The van der Waals surface area contributed by atoms with Crippen molar-refractivity contribution in [2.75, 3.05) is 40.3 Å². The van der Waals surface area contributed by atoms with Gasteiger partial charge in [-0.1, -0.05) is 12.1 Å². The Morgan fingerprint density at radius 1 is 1.27 bits per heavy atom. The molecule has 0 aromatic carbocycles. The van der Waals surface area contributed by atoms with Gasteiger partial charge >= 0.3 is 0 Å². The third-order valence-electron chi connectivity index (χ3n) is 2.13. The van der Waals surface area contributed by atoms with Gasteiger partial charge in [-0.25, -0.2) is 0 Å². The second-order valence-electron chi connectivity index (χ2n) is 4.02. The van der Waals surface area contributed by atoms with Crippen LogP contribution in [-0.4, -0.2) is 61.1 Å². The van der Waals surface area contributed by atoms with Crippen molar-refractivity contribution in [2.24, 2.45) is 10.9 Å². The first-order chi connectivity index (χ1) is 7.10. The van der Waals surface area contributed by atoms with Crippen LogP contribution < -0.4 is 5.73 Å². The molecule has 0 atom stereocenters. The Labute approximate surface area is 92.5 Å². The van der Waals surface area contributed by atoms with Gasteiger partial charge in [-0.15, -0.1) is 0 Å². The van der Waals surface area contributed by atoms with Gasteiger partial charge in [0, 0.05) is 0 Å². The fraction of sp³-hybridized carbons (Fsp3) is 0.900. The third kappa shape index (κ3) is 8.20. The van der Waals surface area contributed by atoms with E-state index in [1.165, 1.54) is 0 Å². The minimum Gasteiger partial charge on any atom is -0.409 e. The van der Waals surface area contributed by atoms with Crippen LogP contribution in [0, 0.1) is 0 Å². The summed E-state index contributed by atoms with van der Waals surface area (Å²) >= 11 is 0. The average Bonchev–Trinajstić information content (AvgIpc) is 2.17. The van der Waals surface area contributed by atoms with Crippen LogP contribution >= 0.6 is 0 Å². The molecule has 0 saturated heterocycles. The Balaban J connectivity index is 3.82. The number of amidine groups is 1. The summed E-state index contributed by atoms with van der Waals surface area (Å²) in [4.78, 5) is 4.37. The summed E-state index contributed by atoms with van der Waals surface area (Å²) in [6.07, 6.45) is 2.19. The van der Waals surface area contributed by atoms with E-state index in [1.54, 1.807) is 0 Å². The van der Waals surface area contributed by atoms with E-state index >= 15 is 0 Å². The molecule has 5 heteroatoms. The van der Waals surface area contributed by atoms with Gasteiger partial charge < -0.3 is 15.8 Å². The van der Waals surface area contributed by atoms with E-state index < -0.39 is 0 Å². The van der Waals surface area contributed by atoms with Crippen molar-refractivity contribution in [3.63, 3.8) is 0 Å². The third-order valence-corrected chi connectivity index (χ3v) is 2.13. The van der Waals surface area contributed by atoms with E-state index in [1.807, 2.05) is 0 Å². The Bertz CT molecular complexity index is 182. The Morgan fingerprint density at radius 2 is 1.93 bits per heavy atom. The molecule has 0 bridgehead atoms. The van der Waals surface area contributed by atoms with E-state index in [-0.39, 0.29) is 5.84 Å². The molecule has 0 saturated carbocycles. The Kier molecular flexibility index (Phi) is 8.04. The van der Waals surface area contributed by atoms with Crippen molar-refractivity contribution < 1.29 is 5.21 Å². The summed E-state index contributed by atoms with van der Waals surface area (Å²) < 4.78 is 0. The second-order valence-corrected chi connectivity index (χ2v) is 4.02. The molecule has 5 nitrogen and oxygen atoms in total. The highest BCUT2D eigenvalue weighted by molar-refractivity contribution is 5.81. The number of rotatable bonds is 8. The maximum Gasteiger partial charge on any atom is 0.153 e. The van der Waals surface area contributed by atoms with E-state index in [0.29, 0.717) is 6.54 Å². The maximum atomic E-state index is 8.49. The van der Waals surface area contributed by atoms with Gasteiger partial charge in [0.1, 0.15) is 0 Å². The molecule has 0 unspecified atom stereocenters. The minimum atomic E-state index is 0.285. The molecular weight excluding hydrogens is 192 g/mol. The molecule has 0 radical (unpaired) electrons. The van der Waals surface area contributed by atoms with Gasteiger partial charge in [0.2, 0.25) is 0 Å². The van der Waals surface area contributed by atoms with Crippen LogP contribution in [0.5, 0.6) is 0 Å². The highest BCUT2D eigenvalue weighted by Gasteiger charge is 2.06. The fourth-order valence-electron chi connectivity index (χ4n) is 1.46. The van der Waals surface area contributed by atoms with Crippen LogP contribution in [0.15, 0.2) is 5.16 Å². The predicted molar refractivity (Wildman–Crippen MR) is 63.3 cm³/mol. The molecular formula is C10H24N4O. The van der Waals surface area contributed by atoms with Crippen LogP contribution in [0.25, 0.3) is 0 Å². The molecule has 0 fully saturated rings. The van der Waals surface area contributed by atoms with E-state index in [9.17, 15) is 0 Å². The van der Waals surface area contributed by atoms with Crippen molar-refractivity contribution in [3.8, 4) is 0 Å². The first-order valence-electron chi connectivity index (χ1n) is 5.43. The molecule has 0 heterocycles. The lowest BCUT2D eigenvalue weighted by molar-refractivity contribution is 0.274. The van der Waals surface area contributed by atoms with Crippen LogP contribution in [0.4, 0.5) is 0 Å². The summed E-state index contributed by atoms with van der Waals surface area (Å²) in [5.41, 5.74) is 5.48. The maximum absolute atomic E-state index is 8.49. The largest absolute Gasteiger partial charge is 0.409 e. The van der Waals surface area contributed by atoms with Gasteiger partial charge in [-0.05, 0) is 46.6 Å². The molecule has 0 aliphatic rings. The molecule has 0 spiro atoms. The SMILES string of the molecule is CCCN(CCCN(C)C)CC(N)=NO. The molecule has 15 heavy (non-hydrogen) atoms. The van der Waals surface area contributed by atoms with Gasteiger partial charge in [0.25, 0.3) is 0 Å². The molecule has 3 N–H and O–H groups in total. The van der Waals surface area contributed by atoms with Crippen molar-refractivity contribution in [1.29, 1.82) is 0 Å². The van der Waals surface area contributed by atoms with E-state index in [4.69, 9.17) is 10.9 Å². The molecule has 0 amide bonds. The zero-order valence-electron chi connectivity index (χ0n) is 10.1. The van der Waals surface area contributed by atoms with Crippen LogP contribution in [0.3, 0.4) is 0 Å². The molecule has 0 aromatic rings. The fourth-order valence-corrected chi connectivity index (χ4v) is 1.46. The van der Waals surface area contributed by atoms with Gasteiger partial charge in [-0.3, -0.25) is 4.90 Å². The summed E-state index contributed by atoms with van der Waals surface area (Å²) in [7, 11) is 4.13. The average molecular weight is 216 g/mol. The van der Waals surface area contributed by atoms with Crippen molar-refractivity contribution in [3.05, 3.63) is 0 Å². The van der Waals surface area contributed by atoms with Gasteiger partial charge in [0.05, 0.1) is 6.54 Å². The highest BCUT2D eigenvalue weighted by Crippen LogP contribution is 1.95. The summed E-state index contributed by atoms with van der Waals surface area (Å²) in [5.74, 6) is 0.285. The topological polar surface area (TPSA) is 65.1 Å². The quantitative estimate of drug-likeness (QED) is 0.267. The van der Waals surface area contributed by atoms with Crippen molar-refractivity contribution >= 4 is 5.84 Å². The van der Waals surface area contributed by atoms with Crippen LogP contribution in [0.1, 0.15) is 19.8 Å². The standard InChI is InChI=1S/C10H24N4O/c1-4-6-14(9-10(11)12-15)8-5-7-13(2)3/h15H,4-9H2,1-3H3,(H2,11,12). The normalized spacial score (nSPS) is 12.7. The summed E-state index contributed by atoms with van der Waals surface area (Å²) in [6, 6.07) is 0. The highest BCUT2D eigenvalue weighted by atomic mass is 16.4. The second kappa shape index (κ2) is 8.49. The Hall–Kier alpha value is -0.810. The molecule has 0 rings (SSSR count). The van der Waals surface area contributed by atoms with Gasteiger partial charge in [0.15, 0.2) is 5.84 Å². The number of nitrogens with zero attached hydrogens (tertiary/aromatic N) is 3. The van der Waals surface area contributed by atoms with Crippen molar-refractivity contribution in [2.45, 2.75) is 19.8 Å². The number of nitrogens with two attached hydrogens (primary N) is 1. The van der Waals surface area contributed by atoms with Gasteiger partial charge in [-0.2, -0.15) is 0 Å². The molecule has 90 valence electrons. The predicted octanol–water partition coefficient (Wildman–Crippen LogP) is 0.397. The molecule has 0 aromatic heterocycles. The lowest BCUT2D eigenvalue weighted by Gasteiger charge is -2.21. The zero-order chi connectivity index (χ0) is 11.7. The lowest BCUT2D eigenvalue weighted by Crippen LogP contribution is -2.36. The lowest BCUT2D eigenvalue weighted by atomic mass is 10.3. The zero-order valence-corrected chi connectivity index (χ0v) is 10.1.